The zero-order chi connectivity index (χ0) is 14.5. The second kappa shape index (κ2) is 7.42. The van der Waals surface area contributed by atoms with Crippen molar-refractivity contribution in [2.75, 3.05) is 19.6 Å². The number of nitrogens with zero attached hydrogens (tertiary/aromatic N) is 1. The van der Waals surface area contributed by atoms with Gasteiger partial charge in [-0.3, -0.25) is 4.90 Å². The molecule has 0 bridgehead atoms. The van der Waals surface area contributed by atoms with Gasteiger partial charge in [-0.15, -0.1) is 0 Å². The van der Waals surface area contributed by atoms with Crippen molar-refractivity contribution < 1.29 is 0 Å². The van der Waals surface area contributed by atoms with Crippen LogP contribution in [0.25, 0.3) is 0 Å². The Kier molecular flexibility index (Phi) is 5.32. The van der Waals surface area contributed by atoms with E-state index < -0.39 is 0 Å². The molecule has 3 rings (SSSR count). The van der Waals surface area contributed by atoms with Crippen LogP contribution in [0.3, 0.4) is 0 Å². The average Bonchev–Trinajstić information content (AvgIpc) is 3.38. The van der Waals surface area contributed by atoms with E-state index in [1.807, 2.05) is 0 Å². The van der Waals surface area contributed by atoms with E-state index in [0.29, 0.717) is 0 Å². The van der Waals surface area contributed by atoms with Crippen LogP contribution in [0.15, 0.2) is 24.3 Å². The van der Waals surface area contributed by atoms with Crippen molar-refractivity contribution in [3.8, 4) is 0 Å². The van der Waals surface area contributed by atoms with Gasteiger partial charge < -0.3 is 5.32 Å². The Morgan fingerprint density at radius 3 is 2.05 bits per heavy atom. The molecule has 0 amide bonds. The van der Waals surface area contributed by atoms with Crippen LogP contribution in [0.4, 0.5) is 0 Å². The number of nitrogens with one attached hydrogen (secondary N) is 1. The van der Waals surface area contributed by atoms with Crippen molar-refractivity contribution in [2.24, 2.45) is 11.8 Å². The van der Waals surface area contributed by atoms with Gasteiger partial charge in [0.25, 0.3) is 0 Å². The van der Waals surface area contributed by atoms with E-state index in [0.717, 1.165) is 31.5 Å². The lowest BCUT2D eigenvalue weighted by atomic mass is 10.1. The van der Waals surface area contributed by atoms with Gasteiger partial charge in [-0.05, 0) is 61.6 Å². The van der Waals surface area contributed by atoms with Gasteiger partial charge in [-0.2, -0.15) is 0 Å². The van der Waals surface area contributed by atoms with E-state index in [2.05, 4.69) is 41.4 Å². The summed E-state index contributed by atoms with van der Waals surface area (Å²) >= 11 is 0. The Balaban J connectivity index is 1.49. The van der Waals surface area contributed by atoms with E-state index in [9.17, 15) is 0 Å². The van der Waals surface area contributed by atoms with Crippen LogP contribution in [0.1, 0.15) is 50.2 Å². The van der Waals surface area contributed by atoms with Gasteiger partial charge in [-0.25, -0.2) is 0 Å². The fourth-order valence-corrected chi connectivity index (χ4v) is 2.97. The second-order valence-electron chi connectivity index (χ2n) is 7.07. The molecular formula is C19H30N2. The third-order valence-electron chi connectivity index (χ3n) is 4.61. The Morgan fingerprint density at radius 2 is 1.52 bits per heavy atom. The molecule has 0 saturated heterocycles. The maximum atomic E-state index is 3.47. The van der Waals surface area contributed by atoms with Crippen LogP contribution < -0.4 is 5.32 Å². The summed E-state index contributed by atoms with van der Waals surface area (Å²) in [6.45, 7) is 8.13. The Hall–Kier alpha value is -0.860. The van der Waals surface area contributed by atoms with Gasteiger partial charge in [0.15, 0.2) is 0 Å². The van der Waals surface area contributed by atoms with Gasteiger partial charge in [0.1, 0.15) is 0 Å². The zero-order valence-corrected chi connectivity index (χ0v) is 13.5. The molecule has 0 radical (unpaired) electrons. The highest BCUT2D eigenvalue weighted by molar-refractivity contribution is 5.22. The minimum Gasteiger partial charge on any atom is -0.313 e. The monoisotopic (exact) mass is 286 g/mol. The first-order chi connectivity index (χ1) is 10.3. The van der Waals surface area contributed by atoms with Crippen molar-refractivity contribution >= 4 is 0 Å². The van der Waals surface area contributed by atoms with E-state index in [4.69, 9.17) is 0 Å². The van der Waals surface area contributed by atoms with E-state index in [1.165, 1.54) is 56.3 Å². The lowest BCUT2D eigenvalue weighted by molar-refractivity contribution is 0.244. The minimum atomic E-state index is 1.00. The quantitative estimate of drug-likeness (QED) is 0.658. The summed E-state index contributed by atoms with van der Waals surface area (Å²) in [6.07, 6.45) is 7.05. The van der Waals surface area contributed by atoms with E-state index >= 15 is 0 Å². The first-order valence-corrected chi connectivity index (χ1v) is 8.84. The molecule has 0 unspecified atom stereocenters. The smallest absolute Gasteiger partial charge is 0.0233 e. The molecule has 1 N–H and O–H groups in total. The zero-order valence-electron chi connectivity index (χ0n) is 13.5. The molecule has 0 atom stereocenters. The number of hydrogen-bond acceptors (Lipinski definition) is 2. The maximum Gasteiger partial charge on any atom is 0.0233 e. The normalized spacial score (nSPS) is 18.4. The number of benzene rings is 1. The molecule has 1 aromatic carbocycles. The first kappa shape index (κ1) is 15.1. The second-order valence-corrected chi connectivity index (χ2v) is 7.07. The van der Waals surface area contributed by atoms with Crippen LogP contribution in [-0.2, 0) is 13.1 Å². The largest absolute Gasteiger partial charge is 0.313 e. The maximum absolute atomic E-state index is 3.47. The Morgan fingerprint density at radius 1 is 0.952 bits per heavy atom. The first-order valence-electron chi connectivity index (χ1n) is 8.84. The summed E-state index contributed by atoms with van der Waals surface area (Å²) < 4.78 is 0. The molecule has 1 aromatic rings. The van der Waals surface area contributed by atoms with Crippen LogP contribution in [0, 0.1) is 11.8 Å². The van der Waals surface area contributed by atoms with Gasteiger partial charge in [-0.1, -0.05) is 31.2 Å². The number of hydrogen-bond donors (Lipinski definition) is 1. The summed E-state index contributed by atoms with van der Waals surface area (Å²) in [5.41, 5.74) is 2.89. The number of rotatable bonds is 10. The lowest BCUT2D eigenvalue weighted by Crippen LogP contribution is -2.27. The molecule has 2 heteroatoms. The molecule has 2 aliphatic carbocycles. The van der Waals surface area contributed by atoms with Gasteiger partial charge >= 0.3 is 0 Å². The van der Waals surface area contributed by atoms with Crippen LogP contribution >= 0.6 is 0 Å². The predicted octanol–water partition coefficient (Wildman–Crippen LogP) is 3.81. The average molecular weight is 286 g/mol. The highest BCUT2D eigenvalue weighted by Gasteiger charge is 2.29. The summed E-state index contributed by atoms with van der Waals surface area (Å²) in [5.74, 6) is 2.00. The molecule has 0 aromatic heterocycles. The summed E-state index contributed by atoms with van der Waals surface area (Å²) in [6, 6.07) is 9.25. The molecule has 0 aliphatic heterocycles. The minimum absolute atomic E-state index is 1.00. The molecule has 0 spiro atoms. The van der Waals surface area contributed by atoms with Gasteiger partial charge in [0.2, 0.25) is 0 Å². The van der Waals surface area contributed by atoms with Gasteiger partial charge in [0.05, 0.1) is 0 Å². The summed E-state index contributed by atoms with van der Waals surface area (Å²) in [5, 5.41) is 3.47. The Bertz CT molecular complexity index is 404. The van der Waals surface area contributed by atoms with Gasteiger partial charge in [0, 0.05) is 26.2 Å². The van der Waals surface area contributed by atoms with Crippen LogP contribution in [0.5, 0.6) is 0 Å². The van der Waals surface area contributed by atoms with Crippen molar-refractivity contribution in [1.29, 1.82) is 0 Å². The third-order valence-corrected chi connectivity index (χ3v) is 4.61. The topological polar surface area (TPSA) is 15.3 Å². The standard InChI is InChI=1S/C19H30N2/c1-2-11-20-12-16-3-5-17(6-4-16)13-21(14-18-7-8-18)15-19-9-10-19/h3-6,18-20H,2,7-15H2,1H3. The van der Waals surface area contributed by atoms with Crippen molar-refractivity contribution in [1.82, 2.24) is 10.2 Å². The molecule has 2 fully saturated rings. The molecule has 21 heavy (non-hydrogen) atoms. The highest BCUT2D eigenvalue weighted by atomic mass is 15.1. The molecule has 2 saturated carbocycles. The van der Waals surface area contributed by atoms with Crippen molar-refractivity contribution in [3.05, 3.63) is 35.4 Å². The fraction of sp³-hybridized carbons (Fsp3) is 0.684. The molecule has 116 valence electrons. The summed E-state index contributed by atoms with van der Waals surface area (Å²) in [7, 11) is 0. The third kappa shape index (κ3) is 5.44. The molecule has 2 nitrogen and oxygen atoms in total. The predicted molar refractivity (Wildman–Crippen MR) is 89.2 cm³/mol. The van der Waals surface area contributed by atoms with Crippen LogP contribution in [-0.4, -0.2) is 24.5 Å². The molecule has 2 aliphatic rings. The van der Waals surface area contributed by atoms with Crippen molar-refractivity contribution in [2.45, 2.75) is 52.1 Å². The Labute approximate surface area is 129 Å². The SMILES string of the molecule is CCCNCc1ccc(CN(CC2CC2)CC2CC2)cc1. The van der Waals surface area contributed by atoms with E-state index in [1.54, 1.807) is 0 Å². The molecule has 0 heterocycles. The van der Waals surface area contributed by atoms with Crippen LogP contribution in [0.2, 0.25) is 0 Å². The lowest BCUT2D eigenvalue weighted by Gasteiger charge is -2.22. The van der Waals surface area contributed by atoms with E-state index in [-0.39, 0.29) is 0 Å². The highest BCUT2D eigenvalue weighted by Crippen LogP contribution is 2.34. The fourth-order valence-electron chi connectivity index (χ4n) is 2.97. The molecular weight excluding hydrogens is 256 g/mol. The van der Waals surface area contributed by atoms with Crippen molar-refractivity contribution in [3.63, 3.8) is 0 Å². The summed E-state index contributed by atoms with van der Waals surface area (Å²) in [4.78, 5) is 2.71.